The topological polar surface area (TPSA) is 91.0 Å². The summed E-state index contributed by atoms with van der Waals surface area (Å²) in [4.78, 5) is 26.6. The number of ether oxygens (including phenoxy) is 1. The van der Waals surface area contributed by atoms with E-state index in [1.165, 1.54) is 17.7 Å². The molecule has 0 unspecified atom stereocenters. The first-order valence-corrected chi connectivity index (χ1v) is 13.3. The van der Waals surface area contributed by atoms with Gasteiger partial charge in [-0.15, -0.1) is 0 Å². The van der Waals surface area contributed by atoms with Gasteiger partial charge in [0.25, 0.3) is 0 Å². The molecule has 7 heteroatoms. The molecule has 0 bridgehead atoms. The minimum absolute atomic E-state index is 0.0412. The molecule has 8 rings (SSSR count). The van der Waals surface area contributed by atoms with Crippen LogP contribution in [0.5, 0.6) is 5.75 Å². The van der Waals surface area contributed by atoms with Gasteiger partial charge in [-0.25, -0.2) is 9.59 Å². The van der Waals surface area contributed by atoms with Crippen LogP contribution in [0.1, 0.15) is 55.8 Å². The number of carbonyl (C=O) groups is 2. The van der Waals surface area contributed by atoms with Crippen LogP contribution >= 0.6 is 0 Å². The van der Waals surface area contributed by atoms with E-state index in [-0.39, 0.29) is 11.1 Å². The van der Waals surface area contributed by atoms with Crippen LogP contribution in [0.3, 0.4) is 0 Å². The Balaban J connectivity index is 1.52. The fraction of sp³-hybridized carbons (Fsp3) is 0.121. The number of anilines is 1. The molecule has 1 aromatic heterocycles. The molecule has 5 aliphatic rings. The van der Waals surface area contributed by atoms with E-state index >= 15 is 0 Å². The normalized spacial score (nSPS) is 17.1. The first-order chi connectivity index (χ1) is 19.5. The molecular weight excluding hydrogens is 504 g/mol. The van der Waals surface area contributed by atoms with Gasteiger partial charge in [-0.3, -0.25) is 0 Å². The molecule has 2 N–H and O–H groups in total. The van der Waals surface area contributed by atoms with Crippen molar-refractivity contribution < 1.29 is 29.1 Å². The number of aromatic carboxylic acids is 2. The number of rotatable bonds is 3. The van der Waals surface area contributed by atoms with E-state index in [0.717, 1.165) is 68.6 Å². The molecular formula is C33H23N2O5+. The smallest absolute Gasteiger partial charge is 0.336 e. The lowest BCUT2D eigenvalue weighted by Crippen LogP contribution is -2.57. The number of carboxylic acid groups (broad SMARTS) is 2. The third kappa shape index (κ3) is 3.09. The van der Waals surface area contributed by atoms with Crippen LogP contribution in [-0.2, 0) is 6.42 Å². The molecule has 0 radical (unpaired) electrons. The third-order valence-electron chi connectivity index (χ3n) is 8.31. The quantitative estimate of drug-likeness (QED) is 0.505. The van der Waals surface area contributed by atoms with Gasteiger partial charge in [0.05, 0.1) is 22.0 Å². The number of carboxylic acids is 2. The standard InChI is InChI=1S/C33H22N2O5/c36-32(37)20-9-10-21(24(17-20)33(38)39)27-25-15-18-5-1-11-34-13-3-7-22(28(18)34)30(25)40-31-23-8-4-14-35-12-2-6-19(29(23)35)16-26(27)31/h1-5,8-10,12-15,17H,6-7,11,16H2,(H-,36,37,38,39)/p+1. The molecule has 7 nitrogen and oxygen atoms in total. The second-order valence-corrected chi connectivity index (χ2v) is 10.5. The number of aromatic nitrogens is 1. The Bertz CT molecular complexity index is 1990. The lowest BCUT2D eigenvalue weighted by Gasteiger charge is -2.36. The van der Waals surface area contributed by atoms with E-state index in [9.17, 15) is 19.8 Å². The molecule has 0 fully saturated rings. The predicted molar refractivity (Wildman–Crippen MR) is 150 cm³/mol. The SMILES string of the molecule is O=C(O)c1ccc(C2=C3CC4=c5c(ccc[n+]5C=CC4)=C3Oc3c2cc2c4c3CC=CN4CC=C2)c(C(=O)O)c1. The number of pyridine rings is 1. The lowest BCUT2D eigenvalue weighted by atomic mass is 9.79. The van der Waals surface area contributed by atoms with Gasteiger partial charge in [0, 0.05) is 53.1 Å². The first-order valence-electron chi connectivity index (χ1n) is 13.3. The van der Waals surface area contributed by atoms with Crippen LogP contribution in [0.2, 0.25) is 0 Å². The Morgan fingerprint density at radius 2 is 1.88 bits per heavy atom. The van der Waals surface area contributed by atoms with Crippen molar-refractivity contribution in [3.8, 4) is 5.75 Å². The monoisotopic (exact) mass is 527 g/mol. The summed E-state index contributed by atoms with van der Waals surface area (Å²) in [6.45, 7) is 0.771. The van der Waals surface area contributed by atoms with Crippen LogP contribution in [0.25, 0.3) is 29.2 Å². The molecule has 194 valence electrons. The molecule has 0 amide bonds. The summed E-state index contributed by atoms with van der Waals surface area (Å²) in [7, 11) is 0. The summed E-state index contributed by atoms with van der Waals surface area (Å²) < 4.78 is 9.02. The van der Waals surface area contributed by atoms with Crippen molar-refractivity contribution in [3.63, 3.8) is 0 Å². The van der Waals surface area contributed by atoms with Gasteiger partial charge in [-0.05, 0) is 54.3 Å². The summed E-state index contributed by atoms with van der Waals surface area (Å²) in [6, 6.07) is 10.5. The van der Waals surface area contributed by atoms with E-state index in [4.69, 9.17) is 4.74 Å². The third-order valence-corrected chi connectivity index (χ3v) is 8.31. The van der Waals surface area contributed by atoms with Crippen LogP contribution in [0.4, 0.5) is 5.69 Å². The zero-order valence-corrected chi connectivity index (χ0v) is 21.3. The second-order valence-electron chi connectivity index (χ2n) is 10.5. The highest BCUT2D eigenvalue weighted by molar-refractivity contribution is 6.05. The zero-order valence-electron chi connectivity index (χ0n) is 21.3. The highest BCUT2D eigenvalue weighted by Gasteiger charge is 2.37. The maximum atomic E-state index is 12.6. The van der Waals surface area contributed by atoms with Crippen molar-refractivity contribution in [1.82, 2.24) is 0 Å². The molecule has 0 spiro atoms. The summed E-state index contributed by atoms with van der Waals surface area (Å²) in [5.74, 6) is -0.875. The second kappa shape index (κ2) is 8.16. The molecule has 3 aromatic rings. The largest absolute Gasteiger partial charge is 0.478 e. The molecule has 1 aliphatic carbocycles. The molecule has 4 aliphatic heterocycles. The molecule has 0 saturated heterocycles. The van der Waals surface area contributed by atoms with Gasteiger partial charge in [-0.2, -0.15) is 4.57 Å². The molecule has 0 saturated carbocycles. The number of fused-ring (bicyclic) bond motifs is 3. The number of nitrogens with zero attached hydrogens (tertiary/aromatic N) is 2. The Labute approximate surface area is 228 Å². The van der Waals surface area contributed by atoms with E-state index in [1.807, 2.05) is 12.3 Å². The average Bonchev–Trinajstić information content (AvgIpc) is 2.97. The number of allylic oxidation sites excluding steroid dienone is 2. The Morgan fingerprint density at radius 3 is 2.73 bits per heavy atom. The molecule has 0 atom stereocenters. The van der Waals surface area contributed by atoms with Crippen molar-refractivity contribution in [1.29, 1.82) is 0 Å². The number of benzene rings is 2. The van der Waals surface area contributed by atoms with Crippen molar-refractivity contribution in [2.45, 2.75) is 19.3 Å². The highest BCUT2D eigenvalue weighted by Crippen LogP contribution is 2.51. The number of hydrogen-bond donors (Lipinski definition) is 2. The summed E-state index contributed by atoms with van der Waals surface area (Å²) in [5.41, 5.74) is 7.39. The highest BCUT2D eigenvalue weighted by atomic mass is 16.5. The van der Waals surface area contributed by atoms with Crippen LogP contribution in [-0.4, -0.2) is 28.7 Å². The minimum atomic E-state index is -1.17. The average molecular weight is 528 g/mol. The summed E-state index contributed by atoms with van der Waals surface area (Å²) in [6.07, 6.45) is 16.8. The Hall–Kier alpha value is -5.17. The van der Waals surface area contributed by atoms with Crippen LogP contribution in [0.15, 0.2) is 72.6 Å². The van der Waals surface area contributed by atoms with Gasteiger partial charge in [0.1, 0.15) is 11.5 Å². The van der Waals surface area contributed by atoms with Crippen LogP contribution < -0.4 is 24.8 Å². The maximum absolute atomic E-state index is 12.6. The maximum Gasteiger partial charge on any atom is 0.336 e. The van der Waals surface area contributed by atoms with E-state index in [0.29, 0.717) is 18.4 Å². The van der Waals surface area contributed by atoms with Crippen molar-refractivity contribution >= 4 is 46.8 Å². The Kier molecular flexibility index (Phi) is 4.65. The Morgan fingerprint density at radius 1 is 0.975 bits per heavy atom. The molecule has 40 heavy (non-hydrogen) atoms. The minimum Gasteiger partial charge on any atom is -0.478 e. The van der Waals surface area contributed by atoms with E-state index in [2.05, 4.69) is 58.3 Å². The van der Waals surface area contributed by atoms with Gasteiger partial charge in [0.2, 0.25) is 5.35 Å². The number of hydrogen-bond acceptors (Lipinski definition) is 4. The van der Waals surface area contributed by atoms with Gasteiger partial charge in [0.15, 0.2) is 12.4 Å². The van der Waals surface area contributed by atoms with Crippen LogP contribution in [0, 0.1) is 0 Å². The lowest BCUT2D eigenvalue weighted by molar-refractivity contribution is -0.585. The van der Waals surface area contributed by atoms with Gasteiger partial charge in [-0.1, -0.05) is 24.3 Å². The summed E-state index contributed by atoms with van der Waals surface area (Å²) in [5, 5.41) is 22.0. The van der Waals surface area contributed by atoms with Crippen molar-refractivity contribution in [2.24, 2.45) is 0 Å². The van der Waals surface area contributed by atoms with Crippen molar-refractivity contribution in [2.75, 3.05) is 11.4 Å². The van der Waals surface area contributed by atoms with E-state index < -0.39 is 11.9 Å². The first kappa shape index (κ1) is 22.8. The van der Waals surface area contributed by atoms with Crippen molar-refractivity contribution in [3.05, 3.63) is 117 Å². The molecule has 2 aromatic carbocycles. The van der Waals surface area contributed by atoms with Gasteiger partial charge < -0.3 is 19.8 Å². The predicted octanol–water partition coefficient (Wildman–Crippen LogP) is 3.71. The fourth-order valence-electron chi connectivity index (χ4n) is 6.69. The van der Waals surface area contributed by atoms with Gasteiger partial charge >= 0.3 is 11.9 Å². The van der Waals surface area contributed by atoms with E-state index in [1.54, 1.807) is 6.07 Å². The zero-order chi connectivity index (χ0) is 27.1. The summed E-state index contributed by atoms with van der Waals surface area (Å²) >= 11 is 0. The fourth-order valence-corrected chi connectivity index (χ4v) is 6.69. The molecule has 5 heterocycles.